The number of carbonyl (C=O) groups excluding carboxylic acids is 1. The lowest BCUT2D eigenvalue weighted by atomic mass is 9.87. The Kier molecular flexibility index (Phi) is 6.79. The number of ether oxygens (including phenoxy) is 2. The predicted molar refractivity (Wildman–Crippen MR) is 100 cm³/mol. The molecule has 2 saturated heterocycles. The van der Waals surface area contributed by atoms with Crippen LogP contribution in [-0.4, -0.2) is 91.1 Å². The van der Waals surface area contributed by atoms with Crippen LogP contribution >= 0.6 is 0 Å². The highest BCUT2D eigenvalue weighted by atomic mass is 32.2. The first-order chi connectivity index (χ1) is 14.5. The molecule has 2 unspecified atom stereocenters. The van der Waals surface area contributed by atoms with Crippen LogP contribution in [-0.2, 0) is 19.5 Å². The number of hydrogen-bond acceptors (Lipinski definition) is 7. The number of carbonyl (C=O) groups is 1. The van der Waals surface area contributed by atoms with Gasteiger partial charge in [-0.2, -0.15) is 17.5 Å². The van der Waals surface area contributed by atoms with Gasteiger partial charge in [0, 0.05) is 32.5 Å². The average Bonchev–Trinajstić information content (AvgIpc) is 3.14. The summed E-state index contributed by atoms with van der Waals surface area (Å²) in [6.07, 6.45) is -4.79. The van der Waals surface area contributed by atoms with Crippen molar-refractivity contribution < 1.29 is 41.0 Å². The predicted octanol–water partition coefficient (Wildman–Crippen LogP) is 1.39. The Labute approximate surface area is 177 Å². The van der Waals surface area contributed by atoms with Gasteiger partial charge in [-0.25, -0.2) is 13.2 Å². The van der Waals surface area contributed by atoms with E-state index in [9.17, 15) is 26.4 Å². The molecule has 1 aromatic rings. The second-order valence-electron chi connectivity index (χ2n) is 7.65. The number of aliphatic hydroxyl groups excluding tert-OH is 1. The minimum Gasteiger partial charge on any atom is -0.434 e. The number of rotatable bonds is 5. The number of likely N-dealkylation sites (tertiary alicyclic amines) is 1. The first-order valence-corrected chi connectivity index (χ1v) is 11.1. The van der Waals surface area contributed by atoms with Crippen molar-refractivity contribution in [3.63, 3.8) is 0 Å². The summed E-state index contributed by atoms with van der Waals surface area (Å²) in [5.41, 5.74) is -0.666. The van der Waals surface area contributed by atoms with Crippen LogP contribution in [0, 0.1) is 0 Å². The number of aromatic nitrogens is 1. The minimum absolute atomic E-state index is 0.0686. The lowest BCUT2D eigenvalue weighted by molar-refractivity contribution is -0.215. The second kappa shape index (κ2) is 8.88. The fourth-order valence-corrected chi connectivity index (χ4v) is 5.07. The van der Waals surface area contributed by atoms with Crippen molar-refractivity contribution in [2.75, 3.05) is 33.4 Å². The maximum atomic E-state index is 12.8. The number of hydrogen-bond donors (Lipinski definition) is 1. The fourth-order valence-electron chi connectivity index (χ4n) is 3.77. The molecule has 2 fully saturated rings. The van der Waals surface area contributed by atoms with Crippen molar-refractivity contribution in [3.8, 4) is 0 Å². The number of aliphatic hydroxyl groups is 1. The largest absolute Gasteiger partial charge is 0.434 e. The SMILES string of the molecule is CN(C1COC2(CCN(C(=O)OC(CO)C(F)(F)F)CC2)C1)S(=O)(=O)c1cccnc1. The summed E-state index contributed by atoms with van der Waals surface area (Å²) in [7, 11) is -2.29. The minimum atomic E-state index is -4.85. The Bertz CT molecular complexity index is 875. The van der Waals surface area contributed by atoms with Crippen molar-refractivity contribution in [1.82, 2.24) is 14.2 Å². The molecule has 1 spiro atoms. The molecule has 0 bridgehead atoms. The molecule has 1 aromatic heterocycles. The molecular weight excluding hydrogens is 443 g/mol. The molecule has 0 aliphatic carbocycles. The normalized spacial score (nSPS) is 22.6. The van der Waals surface area contributed by atoms with Gasteiger partial charge in [-0.05, 0) is 31.4 Å². The van der Waals surface area contributed by atoms with Crippen LogP contribution in [0.5, 0.6) is 0 Å². The van der Waals surface area contributed by atoms with E-state index in [1.807, 2.05) is 0 Å². The van der Waals surface area contributed by atoms with E-state index in [1.54, 1.807) is 0 Å². The van der Waals surface area contributed by atoms with Crippen molar-refractivity contribution in [1.29, 1.82) is 0 Å². The van der Waals surface area contributed by atoms with E-state index in [0.29, 0.717) is 19.3 Å². The number of nitrogens with zero attached hydrogens (tertiary/aromatic N) is 3. The van der Waals surface area contributed by atoms with Crippen molar-refractivity contribution in [3.05, 3.63) is 24.5 Å². The lowest BCUT2D eigenvalue weighted by Gasteiger charge is -2.38. The highest BCUT2D eigenvalue weighted by Crippen LogP contribution is 2.38. The van der Waals surface area contributed by atoms with Crippen molar-refractivity contribution >= 4 is 16.1 Å². The van der Waals surface area contributed by atoms with Gasteiger partial charge in [0.15, 0.2) is 0 Å². The number of halogens is 3. The van der Waals surface area contributed by atoms with E-state index in [4.69, 9.17) is 9.84 Å². The second-order valence-corrected chi connectivity index (χ2v) is 9.64. The Morgan fingerprint density at radius 1 is 1.45 bits per heavy atom. The summed E-state index contributed by atoms with van der Waals surface area (Å²) in [6.45, 7) is -0.988. The third-order valence-corrected chi connectivity index (χ3v) is 7.62. The molecule has 3 heterocycles. The molecule has 2 atom stereocenters. The molecule has 31 heavy (non-hydrogen) atoms. The molecular formula is C18H24F3N3O6S. The van der Waals surface area contributed by atoms with E-state index in [0.717, 1.165) is 4.90 Å². The van der Waals surface area contributed by atoms with Crippen LogP contribution in [0.3, 0.4) is 0 Å². The zero-order valence-electron chi connectivity index (χ0n) is 16.8. The molecule has 1 N–H and O–H groups in total. The topological polar surface area (TPSA) is 109 Å². The summed E-state index contributed by atoms with van der Waals surface area (Å²) in [5, 5.41) is 8.81. The first-order valence-electron chi connectivity index (χ1n) is 9.64. The third kappa shape index (κ3) is 5.10. The van der Waals surface area contributed by atoms with Crippen molar-refractivity contribution in [2.24, 2.45) is 0 Å². The number of likely N-dealkylation sites (N-methyl/N-ethyl adjacent to an activating group) is 1. The Hall–Kier alpha value is -1.96. The molecule has 13 heteroatoms. The summed E-state index contributed by atoms with van der Waals surface area (Å²) in [6, 6.07) is 2.56. The number of amides is 1. The van der Waals surface area contributed by atoms with Gasteiger partial charge in [0.1, 0.15) is 4.90 Å². The zero-order chi connectivity index (χ0) is 22.9. The van der Waals surface area contributed by atoms with Gasteiger partial charge >= 0.3 is 12.3 Å². The van der Waals surface area contributed by atoms with Gasteiger partial charge in [0.25, 0.3) is 0 Å². The van der Waals surface area contributed by atoms with Crippen LogP contribution in [0.1, 0.15) is 19.3 Å². The first kappa shape index (κ1) is 23.7. The highest BCUT2D eigenvalue weighted by Gasteiger charge is 2.48. The molecule has 174 valence electrons. The van der Waals surface area contributed by atoms with Crippen LogP contribution in [0.2, 0.25) is 0 Å². The van der Waals surface area contributed by atoms with E-state index >= 15 is 0 Å². The monoisotopic (exact) mass is 467 g/mol. The zero-order valence-corrected chi connectivity index (χ0v) is 17.6. The molecule has 0 saturated carbocycles. The van der Waals surface area contributed by atoms with Crippen LogP contribution < -0.4 is 0 Å². The maximum Gasteiger partial charge on any atom is 0.427 e. The number of sulfonamides is 1. The molecule has 0 radical (unpaired) electrons. The fraction of sp³-hybridized carbons (Fsp3) is 0.667. The summed E-state index contributed by atoms with van der Waals surface area (Å²) in [4.78, 5) is 17.1. The van der Waals surface area contributed by atoms with E-state index in [-0.39, 0.29) is 24.6 Å². The summed E-state index contributed by atoms with van der Waals surface area (Å²) >= 11 is 0. The van der Waals surface area contributed by atoms with Gasteiger partial charge in [0.05, 0.1) is 24.9 Å². The van der Waals surface area contributed by atoms with E-state index < -0.39 is 46.6 Å². The average molecular weight is 467 g/mol. The van der Waals surface area contributed by atoms with E-state index in [1.165, 1.54) is 35.9 Å². The Morgan fingerprint density at radius 2 is 2.13 bits per heavy atom. The van der Waals surface area contributed by atoms with Crippen LogP contribution in [0.15, 0.2) is 29.4 Å². The number of pyridine rings is 1. The number of alkyl halides is 3. The summed E-state index contributed by atoms with van der Waals surface area (Å²) < 4.78 is 75.2. The smallest absolute Gasteiger partial charge is 0.427 e. The molecule has 1 amide bonds. The molecule has 0 aromatic carbocycles. The highest BCUT2D eigenvalue weighted by molar-refractivity contribution is 7.89. The Morgan fingerprint density at radius 3 is 2.68 bits per heavy atom. The lowest BCUT2D eigenvalue weighted by Crippen LogP contribution is -2.49. The quantitative estimate of drug-likeness (QED) is 0.697. The van der Waals surface area contributed by atoms with Crippen molar-refractivity contribution in [2.45, 2.75) is 48.1 Å². The third-order valence-electron chi connectivity index (χ3n) is 5.72. The molecule has 9 nitrogen and oxygen atoms in total. The van der Waals surface area contributed by atoms with E-state index in [2.05, 4.69) is 9.72 Å². The van der Waals surface area contributed by atoms with Gasteiger partial charge in [-0.15, -0.1) is 0 Å². The van der Waals surface area contributed by atoms with Crippen LogP contribution in [0.25, 0.3) is 0 Å². The molecule has 2 aliphatic heterocycles. The van der Waals surface area contributed by atoms with Gasteiger partial charge in [-0.1, -0.05) is 0 Å². The number of piperidine rings is 1. The Balaban J connectivity index is 1.58. The van der Waals surface area contributed by atoms with Gasteiger partial charge < -0.3 is 19.5 Å². The molecule has 2 aliphatic rings. The van der Waals surface area contributed by atoms with Gasteiger partial charge in [-0.3, -0.25) is 4.98 Å². The standard InChI is InChI=1S/C18H24F3N3O6S/c1-23(31(27,28)14-3-2-6-22-10-14)13-9-17(29-12-13)4-7-24(8-5-17)16(26)30-15(11-25)18(19,20)21/h2-3,6,10,13,15,25H,4-5,7-9,11-12H2,1H3. The summed E-state index contributed by atoms with van der Waals surface area (Å²) in [5.74, 6) is 0. The maximum absolute atomic E-state index is 12.8. The molecule has 3 rings (SSSR count). The van der Waals surface area contributed by atoms with Gasteiger partial charge in [0.2, 0.25) is 16.1 Å². The van der Waals surface area contributed by atoms with Crippen LogP contribution in [0.4, 0.5) is 18.0 Å².